The number of fused-ring (bicyclic) bond motifs is 1. The van der Waals surface area contributed by atoms with Crippen LogP contribution in [0.3, 0.4) is 0 Å². The Balaban J connectivity index is 0.721. The molecule has 0 radical (unpaired) electrons. The van der Waals surface area contributed by atoms with Crippen molar-refractivity contribution in [1.82, 2.24) is 30.3 Å². The van der Waals surface area contributed by atoms with Crippen LogP contribution in [0.4, 0.5) is 11.4 Å². The monoisotopic (exact) mass is 832 g/mol. The number of pyridine rings is 1. The molecule has 2 aromatic carbocycles. The highest BCUT2D eigenvalue weighted by atomic mass is 32.1. The number of piperidine rings is 2. The van der Waals surface area contributed by atoms with Crippen LogP contribution < -0.4 is 25.0 Å². The second-order valence-electron chi connectivity index (χ2n) is 16.8. The Morgan fingerprint density at radius 1 is 0.983 bits per heavy atom. The van der Waals surface area contributed by atoms with Crippen molar-refractivity contribution in [3.8, 4) is 11.6 Å². The third-order valence-electron chi connectivity index (χ3n) is 12.4. The van der Waals surface area contributed by atoms with E-state index in [0.717, 1.165) is 67.9 Å². The van der Waals surface area contributed by atoms with Gasteiger partial charge in [0.2, 0.25) is 17.7 Å². The van der Waals surface area contributed by atoms with Gasteiger partial charge in [0.25, 0.3) is 17.7 Å². The largest absolute Gasteiger partial charge is 0.490 e. The van der Waals surface area contributed by atoms with E-state index >= 15 is 0 Å². The number of nitrogens with zero attached hydrogens (tertiary/aromatic N) is 6. The molecule has 60 heavy (non-hydrogen) atoms. The summed E-state index contributed by atoms with van der Waals surface area (Å²) in [5.74, 6) is -0.564. The van der Waals surface area contributed by atoms with Crippen LogP contribution in [-0.2, 0) is 20.9 Å². The highest BCUT2D eigenvalue weighted by Gasteiger charge is 2.49. The summed E-state index contributed by atoms with van der Waals surface area (Å²) in [4.78, 5) is 78.5. The number of thiocarbonyl (C=S) groups is 1. The summed E-state index contributed by atoms with van der Waals surface area (Å²) >= 11 is 5.80. The van der Waals surface area contributed by atoms with Gasteiger partial charge in [-0.15, -0.1) is 0 Å². The van der Waals surface area contributed by atoms with Gasteiger partial charge in [-0.1, -0.05) is 12.1 Å². The summed E-state index contributed by atoms with van der Waals surface area (Å²) in [7, 11) is 0. The molecule has 0 spiro atoms. The van der Waals surface area contributed by atoms with E-state index in [1.807, 2.05) is 43.9 Å². The second-order valence-corrected chi connectivity index (χ2v) is 17.1. The number of amides is 5. The predicted octanol–water partition coefficient (Wildman–Crippen LogP) is 4.54. The van der Waals surface area contributed by atoms with E-state index in [-0.39, 0.29) is 36.0 Å². The van der Waals surface area contributed by atoms with Gasteiger partial charge >= 0.3 is 0 Å². The topological polar surface area (TPSA) is 158 Å². The number of carbonyl (C=O) groups excluding carboxylic acids is 5. The fraction of sp³-hybridized carbons (Fsp3) is 0.455. The molecule has 5 aliphatic rings. The first-order valence-corrected chi connectivity index (χ1v) is 20.9. The zero-order chi connectivity index (χ0) is 42.3. The van der Waals surface area contributed by atoms with Crippen LogP contribution in [0, 0.1) is 19.4 Å². The lowest BCUT2D eigenvalue weighted by Crippen LogP contribution is -2.54. The summed E-state index contributed by atoms with van der Waals surface area (Å²) in [6.45, 7) is 17.6. The van der Waals surface area contributed by atoms with E-state index in [1.165, 1.54) is 0 Å². The molecule has 15 nitrogen and oxygen atoms in total. The Labute approximate surface area is 354 Å². The van der Waals surface area contributed by atoms with E-state index in [0.29, 0.717) is 53.2 Å². The molecule has 1 saturated carbocycles. The van der Waals surface area contributed by atoms with Gasteiger partial charge in [0.05, 0.1) is 17.7 Å². The van der Waals surface area contributed by atoms with Crippen LogP contribution in [0.1, 0.15) is 84.2 Å². The van der Waals surface area contributed by atoms with Crippen molar-refractivity contribution in [2.24, 2.45) is 5.92 Å². The number of benzene rings is 2. The van der Waals surface area contributed by atoms with Crippen LogP contribution in [-0.4, -0.2) is 111 Å². The molecule has 312 valence electrons. The highest BCUT2D eigenvalue weighted by molar-refractivity contribution is 7.80. The van der Waals surface area contributed by atoms with E-state index in [2.05, 4.69) is 25.4 Å². The summed E-state index contributed by atoms with van der Waals surface area (Å²) in [5.41, 5.74) is 2.50. The number of aryl methyl sites for hydroxylation is 1. The van der Waals surface area contributed by atoms with Crippen molar-refractivity contribution in [2.45, 2.75) is 89.6 Å². The SMILES string of the molecule is [C-]#[N+]c1ccc(N2C(=O)C(C)(C)N(Cc3ccc(OCCN4CCC(CNC5CC(Oc6ccc7c(c6)C(=O)N(C6CCC(=O)NC6=O)C7=O)C5)CC4)nc3)C2=S)cc1C. The van der Waals surface area contributed by atoms with Crippen molar-refractivity contribution in [3.05, 3.63) is 88.4 Å². The van der Waals surface area contributed by atoms with Crippen molar-refractivity contribution in [3.63, 3.8) is 0 Å². The molecule has 2 N–H and O–H groups in total. The number of nitrogens with one attached hydrogen (secondary N) is 2. The number of aromatic nitrogens is 1. The molecular weight excluding hydrogens is 785 g/mol. The van der Waals surface area contributed by atoms with Gasteiger partial charge in [-0.2, -0.15) is 0 Å². The summed E-state index contributed by atoms with van der Waals surface area (Å²) < 4.78 is 12.2. The highest BCUT2D eigenvalue weighted by Crippen LogP contribution is 2.36. The number of hydrogen-bond donors (Lipinski definition) is 2. The Hall–Kier alpha value is -5.76. The summed E-state index contributed by atoms with van der Waals surface area (Å²) in [6, 6.07) is 13.3. The molecule has 1 aliphatic carbocycles. The molecule has 0 bridgehead atoms. The van der Waals surface area contributed by atoms with Crippen molar-refractivity contribution in [1.29, 1.82) is 0 Å². The average Bonchev–Trinajstić information content (AvgIpc) is 3.55. The lowest BCUT2D eigenvalue weighted by Gasteiger charge is -2.38. The maximum atomic E-state index is 13.5. The zero-order valence-corrected chi connectivity index (χ0v) is 34.8. The number of hydrogen-bond acceptors (Lipinski definition) is 11. The Morgan fingerprint density at radius 3 is 2.45 bits per heavy atom. The standard InChI is InChI=1S/C44H48N8O7S/c1-26-19-30(6-9-35(26)45-4)51-42(57)44(2,3)50(43(51)60)25-28-5-12-38(47-24-28)58-18-17-49-15-13-27(14-16-49)23-46-29-20-32(21-29)59-31-7-8-33-34(22-31)41(56)52(40(33)55)36-10-11-37(53)48-39(36)54/h5-9,12,19,22,24,27,29,32,36,46H,10-11,13-18,20-21,23,25H2,1-3H3,(H,48,53,54). The van der Waals surface area contributed by atoms with Gasteiger partial charge < -0.3 is 19.7 Å². The Morgan fingerprint density at radius 2 is 1.75 bits per heavy atom. The molecule has 3 saturated heterocycles. The van der Waals surface area contributed by atoms with Gasteiger partial charge in [0, 0.05) is 43.5 Å². The quantitative estimate of drug-likeness (QED) is 0.141. The Bertz CT molecular complexity index is 2280. The minimum absolute atomic E-state index is 0.00448. The molecule has 16 heteroatoms. The van der Waals surface area contributed by atoms with Gasteiger partial charge in [-0.05, 0) is 132 Å². The first-order valence-electron chi connectivity index (χ1n) is 20.5. The van der Waals surface area contributed by atoms with Gasteiger partial charge in [-0.3, -0.25) is 44.0 Å². The Kier molecular flexibility index (Phi) is 11.4. The average molecular weight is 833 g/mol. The van der Waals surface area contributed by atoms with Crippen LogP contribution in [0.5, 0.6) is 11.6 Å². The molecule has 1 atom stereocenters. The third-order valence-corrected chi connectivity index (χ3v) is 12.8. The maximum absolute atomic E-state index is 13.5. The first-order chi connectivity index (χ1) is 28.8. The minimum Gasteiger partial charge on any atom is -0.490 e. The van der Waals surface area contributed by atoms with Crippen molar-refractivity contribution >= 4 is 58.2 Å². The molecule has 4 aliphatic heterocycles. The molecule has 5 amide bonds. The number of likely N-dealkylation sites (tertiary alicyclic amines) is 1. The van der Waals surface area contributed by atoms with Crippen LogP contribution in [0.2, 0.25) is 0 Å². The number of imide groups is 2. The lowest BCUT2D eigenvalue weighted by molar-refractivity contribution is -0.136. The van der Waals surface area contributed by atoms with E-state index in [1.54, 1.807) is 41.4 Å². The van der Waals surface area contributed by atoms with Gasteiger partial charge in [-0.25, -0.2) is 9.83 Å². The first kappa shape index (κ1) is 41.0. The molecule has 3 aromatic rings. The molecular formula is C44H48N8O7S. The predicted molar refractivity (Wildman–Crippen MR) is 225 cm³/mol. The maximum Gasteiger partial charge on any atom is 0.262 e. The third kappa shape index (κ3) is 8.09. The summed E-state index contributed by atoms with van der Waals surface area (Å²) in [6.07, 6.45) is 5.86. The number of rotatable bonds is 13. The van der Waals surface area contributed by atoms with Crippen LogP contribution in [0.15, 0.2) is 54.7 Å². The molecule has 1 aromatic heterocycles. The van der Waals surface area contributed by atoms with Crippen molar-refractivity contribution < 1.29 is 33.4 Å². The molecule has 5 heterocycles. The zero-order valence-electron chi connectivity index (χ0n) is 33.9. The van der Waals surface area contributed by atoms with Gasteiger partial charge in [0.1, 0.15) is 30.0 Å². The van der Waals surface area contributed by atoms with E-state index < -0.39 is 35.2 Å². The number of carbonyl (C=O) groups is 5. The van der Waals surface area contributed by atoms with E-state index in [4.69, 9.17) is 28.3 Å². The minimum atomic E-state index is -0.995. The fourth-order valence-electron chi connectivity index (χ4n) is 8.58. The molecule has 1 unspecified atom stereocenters. The normalized spacial score (nSPS) is 23.1. The lowest BCUT2D eigenvalue weighted by atomic mass is 9.88. The van der Waals surface area contributed by atoms with Gasteiger partial charge in [0.15, 0.2) is 10.8 Å². The second kappa shape index (κ2) is 16.7. The number of anilines is 1. The molecule has 4 fully saturated rings. The number of ether oxygens (including phenoxy) is 2. The van der Waals surface area contributed by atoms with Crippen molar-refractivity contribution in [2.75, 3.05) is 37.7 Å². The van der Waals surface area contributed by atoms with Crippen LogP contribution in [0.25, 0.3) is 4.85 Å². The summed E-state index contributed by atoms with van der Waals surface area (Å²) in [5, 5.41) is 6.34. The fourth-order valence-corrected chi connectivity index (χ4v) is 9.06. The van der Waals surface area contributed by atoms with Crippen LogP contribution >= 0.6 is 12.2 Å². The molecule has 8 rings (SSSR count). The van der Waals surface area contributed by atoms with E-state index in [9.17, 15) is 24.0 Å². The smallest absolute Gasteiger partial charge is 0.262 e.